The first-order valence-corrected chi connectivity index (χ1v) is 6.27. The van der Waals surface area contributed by atoms with E-state index in [2.05, 4.69) is 33.5 Å². The predicted molar refractivity (Wildman–Crippen MR) is 70.0 cm³/mol. The van der Waals surface area contributed by atoms with Gasteiger partial charge in [-0.1, -0.05) is 6.92 Å². The molecule has 0 aliphatic heterocycles. The number of rotatable bonds is 6. The van der Waals surface area contributed by atoms with Crippen LogP contribution in [0.15, 0.2) is 30.9 Å². The van der Waals surface area contributed by atoms with Gasteiger partial charge in [-0.2, -0.15) is 5.10 Å². The standard InChI is InChI=1S/C13H19N5/c1-3-14-12(13-15-7-4-8-16-13)6-5-11-9-17-18(2)10-11/h4,7-10,12,14H,3,5-6H2,1-2H3. The first-order valence-electron chi connectivity index (χ1n) is 6.27. The zero-order valence-corrected chi connectivity index (χ0v) is 10.9. The van der Waals surface area contributed by atoms with Crippen molar-refractivity contribution in [3.8, 4) is 0 Å². The van der Waals surface area contributed by atoms with Crippen molar-refractivity contribution in [3.63, 3.8) is 0 Å². The lowest BCUT2D eigenvalue weighted by Gasteiger charge is -2.15. The van der Waals surface area contributed by atoms with Crippen LogP contribution in [0.2, 0.25) is 0 Å². The summed E-state index contributed by atoms with van der Waals surface area (Å²) in [5, 5.41) is 7.60. The van der Waals surface area contributed by atoms with Gasteiger partial charge < -0.3 is 5.32 Å². The maximum absolute atomic E-state index is 4.32. The molecule has 5 heteroatoms. The Morgan fingerprint density at radius 3 is 2.72 bits per heavy atom. The second-order valence-corrected chi connectivity index (χ2v) is 4.28. The minimum atomic E-state index is 0.205. The van der Waals surface area contributed by atoms with Crippen molar-refractivity contribution >= 4 is 0 Å². The summed E-state index contributed by atoms with van der Waals surface area (Å²) < 4.78 is 1.83. The predicted octanol–water partition coefficient (Wildman–Crippen LogP) is 1.49. The van der Waals surface area contributed by atoms with E-state index in [9.17, 15) is 0 Å². The molecular formula is C13H19N5. The monoisotopic (exact) mass is 245 g/mol. The summed E-state index contributed by atoms with van der Waals surface area (Å²) in [7, 11) is 1.94. The van der Waals surface area contributed by atoms with E-state index in [4.69, 9.17) is 0 Å². The zero-order chi connectivity index (χ0) is 12.8. The minimum absolute atomic E-state index is 0.205. The number of nitrogens with one attached hydrogen (secondary N) is 1. The molecule has 5 nitrogen and oxygen atoms in total. The Balaban J connectivity index is 1.98. The average Bonchev–Trinajstić information content (AvgIpc) is 2.81. The second-order valence-electron chi connectivity index (χ2n) is 4.28. The Labute approximate surface area is 107 Å². The van der Waals surface area contributed by atoms with E-state index in [-0.39, 0.29) is 6.04 Å². The molecule has 0 aromatic carbocycles. The van der Waals surface area contributed by atoms with Crippen molar-refractivity contribution < 1.29 is 0 Å². The molecule has 0 aliphatic rings. The van der Waals surface area contributed by atoms with Crippen molar-refractivity contribution in [1.82, 2.24) is 25.1 Å². The van der Waals surface area contributed by atoms with Crippen LogP contribution in [-0.4, -0.2) is 26.3 Å². The molecule has 2 aromatic heterocycles. The van der Waals surface area contributed by atoms with Crippen LogP contribution in [0.3, 0.4) is 0 Å². The first kappa shape index (κ1) is 12.7. The van der Waals surface area contributed by atoms with Gasteiger partial charge in [-0.3, -0.25) is 4.68 Å². The summed E-state index contributed by atoms with van der Waals surface area (Å²) in [4.78, 5) is 8.64. The van der Waals surface area contributed by atoms with Crippen LogP contribution < -0.4 is 5.32 Å². The summed E-state index contributed by atoms with van der Waals surface area (Å²) in [5.74, 6) is 0.864. The van der Waals surface area contributed by atoms with Gasteiger partial charge in [0.05, 0.1) is 12.2 Å². The summed E-state index contributed by atoms with van der Waals surface area (Å²) in [6.45, 7) is 3.01. The van der Waals surface area contributed by atoms with Crippen molar-refractivity contribution in [2.75, 3.05) is 6.54 Å². The van der Waals surface area contributed by atoms with Gasteiger partial charge in [0.25, 0.3) is 0 Å². The fourth-order valence-electron chi connectivity index (χ4n) is 1.97. The Hall–Kier alpha value is -1.75. The highest BCUT2D eigenvalue weighted by atomic mass is 15.2. The Bertz CT molecular complexity index is 465. The van der Waals surface area contributed by atoms with Crippen LogP contribution >= 0.6 is 0 Å². The highest BCUT2D eigenvalue weighted by molar-refractivity contribution is 5.05. The van der Waals surface area contributed by atoms with Gasteiger partial charge in [0.2, 0.25) is 0 Å². The molecule has 1 unspecified atom stereocenters. The van der Waals surface area contributed by atoms with Gasteiger partial charge >= 0.3 is 0 Å². The molecule has 0 bridgehead atoms. The van der Waals surface area contributed by atoms with Crippen LogP contribution in [0.1, 0.15) is 30.8 Å². The Morgan fingerprint density at radius 2 is 2.11 bits per heavy atom. The van der Waals surface area contributed by atoms with Crippen LogP contribution in [0.4, 0.5) is 0 Å². The van der Waals surface area contributed by atoms with Gasteiger partial charge in [-0.15, -0.1) is 0 Å². The highest BCUT2D eigenvalue weighted by Gasteiger charge is 2.13. The summed E-state index contributed by atoms with van der Waals surface area (Å²) >= 11 is 0. The van der Waals surface area contributed by atoms with Crippen LogP contribution in [0.5, 0.6) is 0 Å². The van der Waals surface area contributed by atoms with E-state index in [1.165, 1.54) is 5.56 Å². The first-order chi connectivity index (χ1) is 8.79. The molecular weight excluding hydrogens is 226 g/mol. The van der Waals surface area contributed by atoms with E-state index >= 15 is 0 Å². The lowest BCUT2D eigenvalue weighted by atomic mass is 10.1. The molecule has 0 amide bonds. The highest BCUT2D eigenvalue weighted by Crippen LogP contribution is 2.15. The number of aryl methyl sites for hydroxylation is 2. The number of aromatic nitrogens is 4. The second kappa shape index (κ2) is 6.26. The van der Waals surface area contributed by atoms with Crippen molar-refractivity contribution in [2.45, 2.75) is 25.8 Å². The van der Waals surface area contributed by atoms with E-state index in [0.717, 1.165) is 25.2 Å². The number of nitrogens with zero attached hydrogens (tertiary/aromatic N) is 4. The summed E-state index contributed by atoms with van der Waals surface area (Å²) in [6, 6.07) is 2.05. The summed E-state index contributed by atoms with van der Waals surface area (Å²) in [5.41, 5.74) is 1.25. The SMILES string of the molecule is CCNC(CCc1cnn(C)c1)c1ncccn1. The molecule has 1 N–H and O–H groups in total. The third-order valence-corrected chi connectivity index (χ3v) is 2.83. The fraction of sp³-hybridized carbons (Fsp3) is 0.462. The maximum Gasteiger partial charge on any atom is 0.145 e. The largest absolute Gasteiger partial charge is 0.308 e. The van der Waals surface area contributed by atoms with E-state index in [1.807, 2.05) is 24.0 Å². The normalized spacial score (nSPS) is 12.6. The Morgan fingerprint density at radius 1 is 1.33 bits per heavy atom. The summed E-state index contributed by atoms with van der Waals surface area (Å²) in [6.07, 6.45) is 9.49. The number of hydrogen-bond acceptors (Lipinski definition) is 4. The Kier molecular flexibility index (Phi) is 4.41. The van der Waals surface area contributed by atoms with Crippen molar-refractivity contribution in [3.05, 3.63) is 42.2 Å². The van der Waals surface area contributed by atoms with Crippen molar-refractivity contribution in [2.24, 2.45) is 7.05 Å². The zero-order valence-electron chi connectivity index (χ0n) is 10.9. The van der Waals surface area contributed by atoms with Gasteiger partial charge in [-0.25, -0.2) is 9.97 Å². The molecule has 0 saturated heterocycles. The van der Waals surface area contributed by atoms with E-state index in [0.29, 0.717) is 0 Å². The molecule has 0 spiro atoms. The molecule has 0 aliphatic carbocycles. The molecule has 0 fully saturated rings. The van der Waals surface area contributed by atoms with Gasteiger partial charge in [-0.05, 0) is 31.0 Å². The van der Waals surface area contributed by atoms with Gasteiger partial charge in [0, 0.05) is 25.6 Å². The van der Waals surface area contributed by atoms with Crippen molar-refractivity contribution in [1.29, 1.82) is 0 Å². The molecule has 2 heterocycles. The van der Waals surface area contributed by atoms with Crippen LogP contribution in [0, 0.1) is 0 Å². The number of hydrogen-bond donors (Lipinski definition) is 1. The lowest BCUT2D eigenvalue weighted by Crippen LogP contribution is -2.23. The van der Waals surface area contributed by atoms with Gasteiger partial charge in [0.15, 0.2) is 0 Å². The quantitative estimate of drug-likeness (QED) is 0.838. The van der Waals surface area contributed by atoms with Crippen LogP contribution in [0.25, 0.3) is 0 Å². The van der Waals surface area contributed by atoms with E-state index < -0.39 is 0 Å². The molecule has 96 valence electrons. The third-order valence-electron chi connectivity index (χ3n) is 2.83. The molecule has 1 atom stereocenters. The third kappa shape index (κ3) is 3.37. The maximum atomic E-state index is 4.32. The molecule has 2 rings (SSSR count). The smallest absolute Gasteiger partial charge is 0.145 e. The molecule has 18 heavy (non-hydrogen) atoms. The van der Waals surface area contributed by atoms with Crippen LogP contribution in [-0.2, 0) is 13.5 Å². The molecule has 0 radical (unpaired) electrons. The fourth-order valence-corrected chi connectivity index (χ4v) is 1.97. The molecule has 0 saturated carbocycles. The molecule has 2 aromatic rings. The topological polar surface area (TPSA) is 55.6 Å². The van der Waals surface area contributed by atoms with E-state index in [1.54, 1.807) is 12.4 Å². The minimum Gasteiger partial charge on any atom is -0.308 e. The average molecular weight is 245 g/mol. The lowest BCUT2D eigenvalue weighted by molar-refractivity contribution is 0.490. The van der Waals surface area contributed by atoms with Gasteiger partial charge in [0.1, 0.15) is 5.82 Å².